The average molecular weight is 779 g/mol. The van der Waals surface area contributed by atoms with E-state index in [1.165, 1.54) is 33.0 Å². The van der Waals surface area contributed by atoms with Crippen molar-refractivity contribution in [1.82, 2.24) is 19.5 Å². The van der Waals surface area contributed by atoms with Crippen LogP contribution in [0.15, 0.2) is 231 Å². The van der Waals surface area contributed by atoms with Crippen LogP contribution in [0, 0.1) is 0 Å². The number of rotatable bonds is 8. The van der Waals surface area contributed by atoms with E-state index in [0.29, 0.717) is 5.82 Å². The van der Waals surface area contributed by atoms with Gasteiger partial charge in [0.2, 0.25) is 0 Å². The number of benzene rings is 8. The third kappa shape index (κ3) is 6.76. The zero-order chi connectivity index (χ0) is 40.5. The summed E-state index contributed by atoms with van der Waals surface area (Å²) in [5, 5.41) is 2.37. The molecule has 4 heteroatoms. The van der Waals surface area contributed by atoms with Crippen molar-refractivity contribution < 1.29 is 0 Å². The normalized spacial score (nSPS) is 11.3. The lowest BCUT2D eigenvalue weighted by atomic mass is 9.98. The number of aromatic nitrogens is 4. The maximum Gasteiger partial charge on any atom is 0.160 e. The van der Waals surface area contributed by atoms with Crippen LogP contribution in [0.2, 0.25) is 0 Å². The number of hydrogen-bond donors (Lipinski definition) is 0. The molecule has 0 fully saturated rings. The van der Waals surface area contributed by atoms with Crippen LogP contribution in [0.5, 0.6) is 0 Å². The first-order chi connectivity index (χ1) is 30.2. The lowest BCUT2D eigenvalue weighted by molar-refractivity contribution is 1.15. The predicted octanol–water partition coefficient (Wildman–Crippen LogP) is 14.6. The Morgan fingerprint density at radius 2 is 0.721 bits per heavy atom. The van der Waals surface area contributed by atoms with Gasteiger partial charge in [-0.3, -0.25) is 4.98 Å². The molecule has 286 valence electrons. The van der Waals surface area contributed by atoms with Crippen LogP contribution in [0.4, 0.5) is 0 Å². The molecule has 3 aromatic heterocycles. The van der Waals surface area contributed by atoms with Crippen molar-refractivity contribution in [2.45, 2.75) is 0 Å². The molecule has 0 radical (unpaired) electrons. The topological polar surface area (TPSA) is 43.6 Å². The van der Waals surface area contributed by atoms with Gasteiger partial charge in [-0.15, -0.1) is 0 Å². The molecule has 0 aliphatic heterocycles. The van der Waals surface area contributed by atoms with E-state index in [4.69, 9.17) is 15.0 Å². The van der Waals surface area contributed by atoms with E-state index in [2.05, 4.69) is 193 Å². The van der Waals surface area contributed by atoms with Crippen molar-refractivity contribution >= 4 is 21.8 Å². The van der Waals surface area contributed by atoms with Crippen LogP contribution >= 0.6 is 0 Å². The molecule has 4 nitrogen and oxygen atoms in total. The number of nitrogens with zero attached hydrogens (tertiary/aromatic N) is 4. The number of fused-ring (bicyclic) bond motifs is 3. The lowest BCUT2D eigenvalue weighted by Gasteiger charge is -2.18. The summed E-state index contributed by atoms with van der Waals surface area (Å²) >= 11 is 0. The summed E-state index contributed by atoms with van der Waals surface area (Å²) in [6.45, 7) is 0. The SMILES string of the molecule is c1ccc(-c2ccc3c(c2)c2cc(-c4ccccc4)ccc2n3-c2c(-c3ccc(-c4cc(-c5ccccc5)nc(-c5ccccc5)n4)cc3)ccnc2-c2ccccc2)cc1. The monoisotopic (exact) mass is 778 g/mol. The molecular formula is C57H38N4. The standard InChI is InChI=1S/C57H38N4/c1-6-16-39(17-7-1)46-30-32-53-49(36-46)50-37-47(40-18-8-2-9-19-40)31-33-54(50)61(53)56-48(34-35-58-55(56)44-22-12-4-13-23-44)41-26-28-43(29-27-41)52-38-51(42-20-10-3-11-21-42)59-57(60-52)45-24-14-5-15-25-45/h1-38H. The van der Waals surface area contributed by atoms with Crippen molar-refractivity contribution in [2.75, 3.05) is 0 Å². The van der Waals surface area contributed by atoms with E-state index in [1.807, 2.05) is 42.6 Å². The van der Waals surface area contributed by atoms with Crippen molar-refractivity contribution in [3.8, 4) is 84.2 Å². The van der Waals surface area contributed by atoms with E-state index >= 15 is 0 Å². The molecule has 0 aliphatic rings. The Kier molecular flexibility index (Phi) is 9.14. The smallest absolute Gasteiger partial charge is 0.160 e. The fourth-order valence-corrected chi connectivity index (χ4v) is 8.49. The summed E-state index contributed by atoms with van der Waals surface area (Å²) in [5.41, 5.74) is 16.9. The van der Waals surface area contributed by atoms with Gasteiger partial charge in [0.25, 0.3) is 0 Å². The summed E-state index contributed by atoms with van der Waals surface area (Å²) in [6, 6.07) is 79.1. The molecule has 0 aliphatic carbocycles. The Balaban J connectivity index is 1.12. The summed E-state index contributed by atoms with van der Waals surface area (Å²) in [6.07, 6.45) is 1.94. The second-order valence-corrected chi connectivity index (χ2v) is 15.2. The zero-order valence-electron chi connectivity index (χ0n) is 33.2. The van der Waals surface area contributed by atoms with Crippen molar-refractivity contribution in [3.05, 3.63) is 231 Å². The molecule has 0 N–H and O–H groups in total. The maximum absolute atomic E-state index is 5.14. The predicted molar refractivity (Wildman–Crippen MR) is 252 cm³/mol. The fourth-order valence-electron chi connectivity index (χ4n) is 8.49. The van der Waals surface area contributed by atoms with E-state index in [1.54, 1.807) is 0 Å². The molecule has 8 aromatic carbocycles. The van der Waals surface area contributed by atoms with E-state index in [9.17, 15) is 0 Å². The van der Waals surface area contributed by atoms with Crippen LogP contribution in [0.25, 0.3) is 106 Å². The number of hydrogen-bond acceptors (Lipinski definition) is 3. The Labute approximate surface area is 354 Å². The largest absolute Gasteiger partial charge is 0.306 e. The molecule has 0 saturated heterocycles. The second-order valence-electron chi connectivity index (χ2n) is 15.2. The van der Waals surface area contributed by atoms with Gasteiger partial charge in [0.1, 0.15) is 0 Å². The van der Waals surface area contributed by atoms with Crippen molar-refractivity contribution in [3.63, 3.8) is 0 Å². The minimum absolute atomic E-state index is 0.696. The van der Waals surface area contributed by atoms with Crippen LogP contribution in [-0.2, 0) is 0 Å². The summed E-state index contributed by atoms with van der Waals surface area (Å²) in [7, 11) is 0. The highest BCUT2D eigenvalue weighted by atomic mass is 15.0. The molecular weight excluding hydrogens is 741 g/mol. The highest BCUT2D eigenvalue weighted by molar-refractivity contribution is 6.12. The van der Waals surface area contributed by atoms with E-state index in [-0.39, 0.29) is 0 Å². The fraction of sp³-hybridized carbons (Fsp3) is 0. The van der Waals surface area contributed by atoms with Gasteiger partial charge in [-0.2, -0.15) is 0 Å². The minimum Gasteiger partial charge on any atom is -0.306 e. The van der Waals surface area contributed by atoms with Crippen LogP contribution < -0.4 is 0 Å². The molecule has 61 heavy (non-hydrogen) atoms. The molecule has 11 aromatic rings. The van der Waals surface area contributed by atoms with Crippen LogP contribution in [-0.4, -0.2) is 19.5 Å². The highest BCUT2D eigenvalue weighted by Crippen LogP contribution is 2.43. The van der Waals surface area contributed by atoms with Gasteiger partial charge >= 0.3 is 0 Å². The van der Waals surface area contributed by atoms with Gasteiger partial charge in [0, 0.05) is 44.8 Å². The third-order valence-electron chi connectivity index (χ3n) is 11.5. The lowest BCUT2D eigenvalue weighted by Crippen LogP contribution is -2.02. The molecule has 0 unspecified atom stereocenters. The first-order valence-electron chi connectivity index (χ1n) is 20.6. The first-order valence-corrected chi connectivity index (χ1v) is 20.6. The minimum atomic E-state index is 0.696. The van der Waals surface area contributed by atoms with Crippen LogP contribution in [0.1, 0.15) is 0 Å². The van der Waals surface area contributed by atoms with Gasteiger partial charge in [0.05, 0.1) is 33.8 Å². The van der Waals surface area contributed by atoms with Gasteiger partial charge in [-0.1, -0.05) is 188 Å². The molecule has 0 amide bonds. The Bertz CT molecular complexity index is 3150. The van der Waals surface area contributed by atoms with Gasteiger partial charge < -0.3 is 4.57 Å². The Morgan fingerprint density at radius 1 is 0.311 bits per heavy atom. The molecule has 0 saturated carbocycles. The third-order valence-corrected chi connectivity index (χ3v) is 11.5. The molecule has 0 atom stereocenters. The molecule has 3 heterocycles. The zero-order valence-corrected chi connectivity index (χ0v) is 33.2. The van der Waals surface area contributed by atoms with E-state index < -0.39 is 0 Å². The van der Waals surface area contributed by atoms with Gasteiger partial charge in [-0.05, 0) is 64.2 Å². The summed E-state index contributed by atoms with van der Waals surface area (Å²) in [5.74, 6) is 0.696. The molecule has 11 rings (SSSR count). The highest BCUT2D eigenvalue weighted by Gasteiger charge is 2.22. The van der Waals surface area contributed by atoms with Gasteiger partial charge in [0.15, 0.2) is 5.82 Å². The quantitative estimate of drug-likeness (QED) is 0.154. The Morgan fingerprint density at radius 3 is 1.23 bits per heavy atom. The van der Waals surface area contributed by atoms with E-state index in [0.717, 1.165) is 67.2 Å². The van der Waals surface area contributed by atoms with Crippen molar-refractivity contribution in [2.24, 2.45) is 0 Å². The molecule has 0 spiro atoms. The number of pyridine rings is 1. The van der Waals surface area contributed by atoms with Gasteiger partial charge in [-0.25, -0.2) is 9.97 Å². The second kappa shape index (κ2) is 15.5. The summed E-state index contributed by atoms with van der Waals surface area (Å²) < 4.78 is 2.43. The maximum atomic E-state index is 5.14. The first kappa shape index (κ1) is 35.9. The average Bonchev–Trinajstić information content (AvgIpc) is 3.67. The van der Waals surface area contributed by atoms with Crippen molar-refractivity contribution in [1.29, 1.82) is 0 Å². The van der Waals surface area contributed by atoms with Crippen LogP contribution in [0.3, 0.4) is 0 Å². The Hall–Kier alpha value is -8.21. The summed E-state index contributed by atoms with van der Waals surface area (Å²) in [4.78, 5) is 15.3. The molecule has 0 bridgehead atoms.